The fraction of sp³-hybridized carbons (Fsp3) is 0.125. The average molecular weight is 291 g/mol. The molecule has 3 aromatic rings. The molecule has 3 rings (SSSR count). The molecule has 0 aliphatic carbocycles. The van der Waals surface area contributed by atoms with Crippen LogP contribution in [0.1, 0.15) is 12.5 Å². The van der Waals surface area contributed by atoms with Crippen molar-refractivity contribution in [2.45, 2.75) is 6.92 Å². The predicted octanol–water partition coefficient (Wildman–Crippen LogP) is 2.25. The lowest BCUT2D eigenvalue weighted by atomic mass is 10.1. The molecule has 0 atom stereocenters. The molecule has 1 aromatic carbocycles. The van der Waals surface area contributed by atoms with Gasteiger partial charge in [-0.15, -0.1) is 0 Å². The van der Waals surface area contributed by atoms with Gasteiger partial charge in [0.25, 0.3) is 0 Å². The van der Waals surface area contributed by atoms with Crippen LogP contribution in [0.25, 0.3) is 16.9 Å². The third-order valence-electron chi connectivity index (χ3n) is 3.46. The van der Waals surface area contributed by atoms with Gasteiger partial charge in [0.2, 0.25) is 6.41 Å². The standard InChI is InChI=1S/C16H13N5O/c1-2-20(11-22)14-5-3-4-12(8-14)15-6-7-18-16-13(9-17)10-19-21(15)16/h3-8,10-11H,2H2,1H3. The number of rotatable bonds is 4. The molecule has 2 heterocycles. The van der Waals surface area contributed by atoms with Gasteiger partial charge in [0.05, 0.1) is 11.9 Å². The Morgan fingerprint density at radius 3 is 3.00 bits per heavy atom. The minimum absolute atomic E-state index is 0.432. The van der Waals surface area contributed by atoms with Crippen molar-refractivity contribution < 1.29 is 4.79 Å². The molecule has 108 valence electrons. The highest BCUT2D eigenvalue weighted by molar-refractivity contribution is 5.78. The number of carbonyl (C=O) groups is 1. The largest absolute Gasteiger partial charge is 0.315 e. The molecule has 0 saturated heterocycles. The van der Waals surface area contributed by atoms with Gasteiger partial charge in [-0.3, -0.25) is 4.79 Å². The van der Waals surface area contributed by atoms with Gasteiger partial charge in [0.1, 0.15) is 11.6 Å². The van der Waals surface area contributed by atoms with E-state index in [9.17, 15) is 4.79 Å². The lowest BCUT2D eigenvalue weighted by molar-refractivity contribution is -0.107. The highest BCUT2D eigenvalue weighted by Crippen LogP contribution is 2.25. The van der Waals surface area contributed by atoms with Gasteiger partial charge < -0.3 is 4.90 Å². The van der Waals surface area contributed by atoms with E-state index >= 15 is 0 Å². The quantitative estimate of drug-likeness (QED) is 0.691. The molecule has 22 heavy (non-hydrogen) atoms. The SMILES string of the molecule is CCN(C=O)c1cccc(-c2ccnc3c(C#N)cnn23)c1. The van der Waals surface area contributed by atoms with Crippen LogP contribution in [-0.2, 0) is 4.79 Å². The zero-order valence-electron chi connectivity index (χ0n) is 12.0. The number of hydrogen-bond acceptors (Lipinski definition) is 4. The van der Waals surface area contributed by atoms with Crippen molar-refractivity contribution in [3.8, 4) is 17.3 Å². The van der Waals surface area contributed by atoms with Crippen molar-refractivity contribution in [2.75, 3.05) is 11.4 Å². The Bertz CT molecular complexity index is 878. The van der Waals surface area contributed by atoms with Crippen LogP contribution < -0.4 is 4.90 Å². The van der Waals surface area contributed by atoms with Crippen LogP contribution in [0.4, 0.5) is 5.69 Å². The van der Waals surface area contributed by atoms with E-state index in [1.165, 1.54) is 6.20 Å². The number of carbonyl (C=O) groups excluding carboxylic acids is 1. The van der Waals surface area contributed by atoms with Crippen LogP contribution in [0.5, 0.6) is 0 Å². The summed E-state index contributed by atoms with van der Waals surface area (Å²) in [6.07, 6.45) is 3.96. The summed E-state index contributed by atoms with van der Waals surface area (Å²) >= 11 is 0. The van der Waals surface area contributed by atoms with Crippen molar-refractivity contribution >= 4 is 17.7 Å². The highest BCUT2D eigenvalue weighted by Gasteiger charge is 2.11. The Hall–Kier alpha value is -3.20. The molecule has 6 nitrogen and oxygen atoms in total. The van der Waals surface area contributed by atoms with E-state index in [2.05, 4.69) is 16.2 Å². The number of benzene rings is 1. The molecule has 1 amide bonds. The fourth-order valence-electron chi connectivity index (χ4n) is 2.35. The molecular formula is C16H13N5O. The Morgan fingerprint density at radius 2 is 2.27 bits per heavy atom. The summed E-state index contributed by atoms with van der Waals surface area (Å²) in [7, 11) is 0. The van der Waals surface area contributed by atoms with Crippen LogP contribution >= 0.6 is 0 Å². The van der Waals surface area contributed by atoms with Crippen LogP contribution in [-0.4, -0.2) is 27.6 Å². The molecule has 0 spiro atoms. The molecule has 0 unspecified atom stereocenters. The molecule has 0 aliphatic rings. The van der Waals surface area contributed by atoms with Gasteiger partial charge >= 0.3 is 0 Å². The number of fused-ring (bicyclic) bond motifs is 1. The summed E-state index contributed by atoms with van der Waals surface area (Å²) in [5.41, 5.74) is 3.48. The Labute approximate surface area is 127 Å². The monoisotopic (exact) mass is 291 g/mol. The normalized spacial score (nSPS) is 10.4. The van der Waals surface area contributed by atoms with Crippen molar-refractivity contribution in [1.82, 2.24) is 14.6 Å². The minimum Gasteiger partial charge on any atom is -0.315 e. The number of anilines is 1. The summed E-state index contributed by atoms with van der Waals surface area (Å²) in [6.45, 7) is 2.51. The number of nitriles is 1. The van der Waals surface area contributed by atoms with Gasteiger partial charge in [-0.1, -0.05) is 12.1 Å². The Morgan fingerprint density at radius 1 is 1.41 bits per heavy atom. The average Bonchev–Trinajstić information content (AvgIpc) is 2.99. The van der Waals surface area contributed by atoms with E-state index in [0.29, 0.717) is 17.8 Å². The summed E-state index contributed by atoms with van der Waals surface area (Å²) in [4.78, 5) is 16.9. The second-order valence-electron chi connectivity index (χ2n) is 4.68. The zero-order chi connectivity index (χ0) is 15.5. The maximum Gasteiger partial charge on any atom is 0.214 e. The number of amides is 1. The second-order valence-corrected chi connectivity index (χ2v) is 4.68. The van der Waals surface area contributed by atoms with Gasteiger partial charge in [0.15, 0.2) is 5.65 Å². The van der Waals surface area contributed by atoms with E-state index in [4.69, 9.17) is 5.26 Å². The highest BCUT2D eigenvalue weighted by atomic mass is 16.1. The Kier molecular flexibility index (Phi) is 3.54. The zero-order valence-corrected chi connectivity index (χ0v) is 12.0. The first kappa shape index (κ1) is 13.8. The molecule has 0 N–H and O–H groups in total. The summed E-state index contributed by atoms with van der Waals surface area (Å²) < 4.78 is 1.63. The first-order valence-corrected chi connectivity index (χ1v) is 6.83. The topological polar surface area (TPSA) is 74.3 Å². The van der Waals surface area contributed by atoms with Crippen LogP contribution in [0.15, 0.2) is 42.7 Å². The maximum atomic E-state index is 11.1. The minimum atomic E-state index is 0.432. The van der Waals surface area contributed by atoms with Crippen molar-refractivity contribution in [2.24, 2.45) is 0 Å². The third-order valence-corrected chi connectivity index (χ3v) is 3.46. The van der Waals surface area contributed by atoms with Gasteiger partial charge in [-0.25, -0.2) is 9.50 Å². The number of nitrogens with zero attached hydrogens (tertiary/aromatic N) is 5. The van der Waals surface area contributed by atoms with E-state index in [1.807, 2.05) is 37.3 Å². The molecule has 6 heteroatoms. The molecule has 0 bridgehead atoms. The Balaban J connectivity index is 2.16. The third kappa shape index (κ3) is 2.19. The molecule has 0 saturated carbocycles. The summed E-state index contributed by atoms with van der Waals surface area (Å²) in [5, 5.41) is 13.3. The van der Waals surface area contributed by atoms with Gasteiger partial charge in [0, 0.05) is 24.0 Å². The van der Waals surface area contributed by atoms with E-state index in [0.717, 1.165) is 23.4 Å². The molecule has 0 radical (unpaired) electrons. The van der Waals surface area contributed by atoms with E-state index in [1.54, 1.807) is 15.6 Å². The van der Waals surface area contributed by atoms with Crippen LogP contribution in [0.2, 0.25) is 0 Å². The lowest BCUT2D eigenvalue weighted by Gasteiger charge is -2.16. The second kappa shape index (κ2) is 5.66. The molecule has 0 aliphatic heterocycles. The first-order chi connectivity index (χ1) is 10.8. The fourth-order valence-corrected chi connectivity index (χ4v) is 2.35. The summed E-state index contributed by atoms with van der Waals surface area (Å²) in [5.74, 6) is 0. The molecular weight excluding hydrogens is 278 g/mol. The van der Waals surface area contributed by atoms with E-state index < -0.39 is 0 Å². The van der Waals surface area contributed by atoms with E-state index in [-0.39, 0.29) is 0 Å². The molecule has 0 fully saturated rings. The van der Waals surface area contributed by atoms with Crippen LogP contribution in [0.3, 0.4) is 0 Å². The summed E-state index contributed by atoms with van der Waals surface area (Å²) in [6, 6.07) is 11.5. The predicted molar refractivity (Wildman–Crippen MR) is 82.2 cm³/mol. The maximum absolute atomic E-state index is 11.1. The van der Waals surface area contributed by atoms with Gasteiger partial charge in [-0.2, -0.15) is 10.4 Å². The van der Waals surface area contributed by atoms with Crippen molar-refractivity contribution in [3.63, 3.8) is 0 Å². The van der Waals surface area contributed by atoms with Crippen molar-refractivity contribution in [1.29, 1.82) is 5.26 Å². The number of aromatic nitrogens is 3. The van der Waals surface area contributed by atoms with Crippen LogP contribution in [0, 0.1) is 11.3 Å². The lowest BCUT2D eigenvalue weighted by Crippen LogP contribution is -2.19. The smallest absolute Gasteiger partial charge is 0.214 e. The van der Waals surface area contributed by atoms with Crippen molar-refractivity contribution in [3.05, 3.63) is 48.3 Å². The van der Waals surface area contributed by atoms with Gasteiger partial charge in [-0.05, 0) is 25.1 Å². The first-order valence-electron chi connectivity index (χ1n) is 6.83. The molecule has 2 aromatic heterocycles. The number of hydrogen-bond donors (Lipinski definition) is 0.